The quantitative estimate of drug-likeness (QED) is 0.755. The zero-order valence-electron chi connectivity index (χ0n) is 14.1. The van der Waals surface area contributed by atoms with Gasteiger partial charge in [-0.25, -0.2) is 4.79 Å². The lowest BCUT2D eigenvalue weighted by Gasteiger charge is -2.22. The van der Waals surface area contributed by atoms with Gasteiger partial charge in [-0.3, -0.25) is 9.69 Å². The van der Waals surface area contributed by atoms with Gasteiger partial charge in [0.05, 0.1) is 0 Å². The predicted molar refractivity (Wildman–Crippen MR) is 96.8 cm³/mol. The van der Waals surface area contributed by atoms with Crippen molar-refractivity contribution in [2.75, 3.05) is 26.7 Å². The normalized spacial score (nSPS) is 19.5. The molecule has 1 aromatic rings. The standard InChI is InChI=1S/C18H24BrN3O2/c1-21(11-8-14-4-6-15(19)7-5-14)12-13-22-16(23)18(20-17(22)24)9-2-3-10-18/h4-7H,2-3,8-13H2,1H3,(H,20,24). The molecule has 2 aliphatic rings. The Morgan fingerprint density at radius 2 is 1.83 bits per heavy atom. The molecule has 1 heterocycles. The van der Waals surface area contributed by atoms with Gasteiger partial charge in [-0.2, -0.15) is 0 Å². The highest BCUT2D eigenvalue weighted by molar-refractivity contribution is 9.10. The first-order chi connectivity index (χ1) is 11.5. The Morgan fingerprint density at radius 3 is 2.50 bits per heavy atom. The number of amides is 3. The van der Waals surface area contributed by atoms with E-state index in [4.69, 9.17) is 0 Å². The highest BCUT2D eigenvalue weighted by Gasteiger charge is 2.52. The van der Waals surface area contributed by atoms with Crippen LogP contribution in [0.1, 0.15) is 31.2 Å². The number of imide groups is 1. The number of urea groups is 1. The summed E-state index contributed by atoms with van der Waals surface area (Å²) in [4.78, 5) is 28.3. The molecular weight excluding hydrogens is 370 g/mol. The van der Waals surface area contributed by atoms with Crippen molar-refractivity contribution < 1.29 is 9.59 Å². The van der Waals surface area contributed by atoms with Crippen LogP contribution in [0.5, 0.6) is 0 Å². The van der Waals surface area contributed by atoms with Crippen LogP contribution >= 0.6 is 15.9 Å². The molecule has 3 amide bonds. The Hall–Kier alpha value is -1.40. The lowest BCUT2D eigenvalue weighted by molar-refractivity contribution is -0.131. The Morgan fingerprint density at radius 1 is 1.17 bits per heavy atom. The Labute approximate surface area is 151 Å². The van der Waals surface area contributed by atoms with Crippen molar-refractivity contribution in [2.45, 2.75) is 37.6 Å². The third-order valence-corrected chi connectivity index (χ3v) is 5.63. The van der Waals surface area contributed by atoms with Crippen molar-refractivity contribution in [1.82, 2.24) is 15.1 Å². The Bertz CT molecular complexity index is 611. The van der Waals surface area contributed by atoms with Gasteiger partial charge in [-0.05, 0) is 44.0 Å². The fraction of sp³-hybridized carbons (Fsp3) is 0.556. The first-order valence-electron chi connectivity index (χ1n) is 8.57. The molecule has 0 atom stereocenters. The highest BCUT2D eigenvalue weighted by Crippen LogP contribution is 2.34. The van der Waals surface area contributed by atoms with Gasteiger partial charge in [-0.15, -0.1) is 0 Å². The second kappa shape index (κ2) is 7.23. The third kappa shape index (κ3) is 3.64. The molecule has 1 aliphatic heterocycles. The van der Waals surface area contributed by atoms with E-state index < -0.39 is 5.54 Å². The minimum absolute atomic E-state index is 0.0219. The highest BCUT2D eigenvalue weighted by atomic mass is 79.9. The molecule has 130 valence electrons. The number of benzene rings is 1. The van der Waals surface area contributed by atoms with E-state index in [2.05, 4.69) is 38.3 Å². The van der Waals surface area contributed by atoms with Gasteiger partial charge < -0.3 is 10.2 Å². The van der Waals surface area contributed by atoms with Crippen LogP contribution in [0.3, 0.4) is 0 Å². The summed E-state index contributed by atoms with van der Waals surface area (Å²) >= 11 is 3.44. The van der Waals surface area contributed by atoms with Gasteiger partial charge in [0.15, 0.2) is 0 Å². The van der Waals surface area contributed by atoms with E-state index in [1.54, 1.807) is 0 Å². The SMILES string of the molecule is CN(CCc1ccc(Br)cc1)CCN1C(=O)NC2(CCCC2)C1=O. The molecule has 1 N–H and O–H groups in total. The molecule has 1 spiro atoms. The van der Waals surface area contributed by atoms with Gasteiger partial charge in [0.2, 0.25) is 0 Å². The molecule has 0 radical (unpaired) electrons. The molecule has 1 saturated heterocycles. The number of likely N-dealkylation sites (N-methyl/N-ethyl adjacent to an activating group) is 1. The van der Waals surface area contributed by atoms with Crippen LogP contribution in [0.15, 0.2) is 28.7 Å². The van der Waals surface area contributed by atoms with E-state index in [0.29, 0.717) is 13.1 Å². The van der Waals surface area contributed by atoms with Crippen molar-refractivity contribution in [2.24, 2.45) is 0 Å². The Kier molecular flexibility index (Phi) is 5.25. The molecule has 0 bridgehead atoms. The van der Waals surface area contributed by atoms with E-state index in [-0.39, 0.29) is 11.9 Å². The Balaban J connectivity index is 1.47. The predicted octanol–water partition coefficient (Wildman–Crippen LogP) is 2.79. The van der Waals surface area contributed by atoms with E-state index in [9.17, 15) is 9.59 Å². The summed E-state index contributed by atoms with van der Waals surface area (Å²) < 4.78 is 1.08. The number of halogens is 1. The second-order valence-corrected chi connectivity index (χ2v) is 7.77. The van der Waals surface area contributed by atoms with E-state index >= 15 is 0 Å². The summed E-state index contributed by atoms with van der Waals surface area (Å²) in [6, 6.07) is 8.09. The first-order valence-corrected chi connectivity index (χ1v) is 9.37. The maximum absolute atomic E-state index is 12.6. The summed E-state index contributed by atoms with van der Waals surface area (Å²) in [6.45, 7) is 2.06. The average Bonchev–Trinajstić information content (AvgIpc) is 3.12. The first kappa shape index (κ1) is 17.4. The van der Waals surface area contributed by atoms with E-state index in [1.807, 2.05) is 19.2 Å². The molecule has 2 fully saturated rings. The summed E-state index contributed by atoms with van der Waals surface area (Å²) in [5, 5.41) is 2.93. The number of carbonyl (C=O) groups excluding carboxylic acids is 2. The van der Waals surface area contributed by atoms with Gasteiger partial charge in [0.25, 0.3) is 5.91 Å². The molecule has 1 aromatic carbocycles. The van der Waals surface area contributed by atoms with E-state index in [1.165, 1.54) is 10.5 Å². The molecule has 3 rings (SSSR count). The molecule has 0 unspecified atom stereocenters. The largest absolute Gasteiger partial charge is 0.325 e. The lowest BCUT2D eigenvalue weighted by atomic mass is 9.98. The molecule has 5 nitrogen and oxygen atoms in total. The molecule has 1 aliphatic carbocycles. The van der Waals surface area contributed by atoms with Crippen LogP contribution in [-0.2, 0) is 11.2 Å². The summed E-state index contributed by atoms with van der Waals surface area (Å²) in [5.74, 6) is -0.0219. The van der Waals surface area contributed by atoms with Crippen LogP contribution < -0.4 is 5.32 Å². The van der Waals surface area contributed by atoms with Crippen molar-refractivity contribution in [3.05, 3.63) is 34.3 Å². The van der Waals surface area contributed by atoms with E-state index in [0.717, 1.165) is 43.1 Å². The van der Waals surface area contributed by atoms with Crippen LogP contribution in [0.2, 0.25) is 0 Å². The lowest BCUT2D eigenvalue weighted by Crippen LogP contribution is -2.44. The minimum Gasteiger partial charge on any atom is -0.323 e. The van der Waals surface area contributed by atoms with Crippen LogP contribution in [0.4, 0.5) is 4.79 Å². The maximum Gasteiger partial charge on any atom is 0.325 e. The molecule has 0 aromatic heterocycles. The fourth-order valence-corrected chi connectivity index (χ4v) is 3.81. The smallest absolute Gasteiger partial charge is 0.323 e. The monoisotopic (exact) mass is 393 g/mol. The summed E-state index contributed by atoms with van der Waals surface area (Å²) in [5.41, 5.74) is 0.692. The number of carbonyl (C=O) groups is 2. The van der Waals surface area contributed by atoms with Crippen molar-refractivity contribution in [3.8, 4) is 0 Å². The minimum atomic E-state index is -0.590. The zero-order valence-corrected chi connectivity index (χ0v) is 15.6. The van der Waals surface area contributed by atoms with Gasteiger partial charge in [0, 0.05) is 24.1 Å². The zero-order chi connectivity index (χ0) is 17.2. The third-order valence-electron chi connectivity index (χ3n) is 5.10. The topological polar surface area (TPSA) is 52.6 Å². The molecule has 6 heteroatoms. The molecular formula is C18H24BrN3O2. The second-order valence-electron chi connectivity index (χ2n) is 6.86. The number of hydrogen-bond donors (Lipinski definition) is 1. The molecule has 1 saturated carbocycles. The van der Waals surface area contributed by atoms with Gasteiger partial charge in [0.1, 0.15) is 5.54 Å². The number of rotatable bonds is 6. The van der Waals surface area contributed by atoms with Crippen molar-refractivity contribution in [1.29, 1.82) is 0 Å². The summed E-state index contributed by atoms with van der Waals surface area (Å²) in [6.07, 6.45) is 4.56. The number of nitrogens with one attached hydrogen (secondary N) is 1. The molecule has 24 heavy (non-hydrogen) atoms. The fourth-order valence-electron chi connectivity index (χ4n) is 3.55. The van der Waals surface area contributed by atoms with Crippen LogP contribution in [-0.4, -0.2) is 54.0 Å². The van der Waals surface area contributed by atoms with Gasteiger partial charge in [-0.1, -0.05) is 40.9 Å². The maximum atomic E-state index is 12.6. The van der Waals surface area contributed by atoms with Crippen molar-refractivity contribution in [3.63, 3.8) is 0 Å². The van der Waals surface area contributed by atoms with Crippen molar-refractivity contribution >= 4 is 27.9 Å². The summed E-state index contributed by atoms with van der Waals surface area (Å²) in [7, 11) is 2.03. The number of hydrogen-bond acceptors (Lipinski definition) is 3. The van der Waals surface area contributed by atoms with Gasteiger partial charge >= 0.3 is 6.03 Å². The van der Waals surface area contributed by atoms with Crippen LogP contribution in [0, 0.1) is 0 Å². The van der Waals surface area contributed by atoms with Crippen LogP contribution in [0.25, 0.3) is 0 Å². The average molecular weight is 394 g/mol. The number of nitrogens with zero attached hydrogens (tertiary/aromatic N) is 2.